The number of rotatable bonds is 5. The van der Waals surface area contributed by atoms with E-state index in [2.05, 4.69) is 21.2 Å². The maximum absolute atomic E-state index is 13.5. The van der Waals surface area contributed by atoms with E-state index in [4.69, 9.17) is 4.42 Å². The molecule has 0 aliphatic carbocycles. The zero-order chi connectivity index (χ0) is 13.8. The molecule has 0 saturated carbocycles. The third-order valence-corrected chi connectivity index (χ3v) is 3.25. The fourth-order valence-corrected chi connectivity index (χ4v) is 2.17. The van der Waals surface area contributed by atoms with Gasteiger partial charge in [-0.15, -0.1) is 0 Å². The molecule has 2 aromatic rings. The van der Waals surface area contributed by atoms with Gasteiger partial charge in [0.25, 0.3) is 0 Å². The molecule has 1 aromatic carbocycles. The van der Waals surface area contributed by atoms with Crippen LogP contribution in [0.2, 0.25) is 0 Å². The van der Waals surface area contributed by atoms with Crippen LogP contribution in [0, 0.1) is 11.6 Å². The van der Waals surface area contributed by atoms with Gasteiger partial charge < -0.3 is 9.73 Å². The highest BCUT2D eigenvalue weighted by Gasteiger charge is 2.12. The van der Waals surface area contributed by atoms with Gasteiger partial charge in [0.1, 0.15) is 17.4 Å². The highest BCUT2D eigenvalue weighted by molar-refractivity contribution is 9.10. The van der Waals surface area contributed by atoms with E-state index in [-0.39, 0.29) is 11.6 Å². The smallest absolute Gasteiger partial charge is 0.169 e. The van der Waals surface area contributed by atoms with Crippen LogP contribution in [0.3, 0.4) is 0 Å². The molecule has 1 aromatic heterocycles. The molecule has 1 N–H and O–H groups in total. The highest BCUT2D eigenvalue weighted by atomic mass is 79.9. The van der Waals surface area contributed by atoms with Crippen molar-refractivity contribution in [3.8, 4) is 0 Å². The molecule has 0 spiro atoms. The molecule has 5 heteroatoms. The van der Waals surface area contributed by atoms with E-state index in [1.807, 2.05) is 13.0 Å². The maximum Gasteiger partial charge on any atom is 0.169 e. The molecular formula is C14H14BrF2NO. The lowest BCUT2D eigenvalue weighted by Gasteiger charge is -2.14. The normalized spacial score (nSPS) is 12.6. The Balaban J connectivity index is 1.92. The van der Waals surface area contributed by atoms with Crippen LogP contribution in [0.4, 0.5) is 8.78 Å². The van der Waals surface area contributed by atoms with Gasteiger partial charge in [-0.25, -0.2) is 8.78 Å². The fraction of sp³-hybridized carbons (Fsp3) is 0.286. The second-order valence-electron chi connectivity index (χ2n) is 4.39. The zero-order valence-electron chi connectivity index (χ0n) is 10.4. The molecule has 1 unspecified atom stereocenters. The van der Waals surface area contributed by atoms with Crippen LogP contribution in [0.25, 0.3) is 0 Å². The van der Waals surface area contributed by atoms with E-state index >= 15 is 0 Å². The summed E-state index contributed by atoms with van der Waals surface area (Å²) in [5.41, 5.74) is 0.114. The van der Waals surface area contributed by atoms with Crippen LogP contribution in [0.5, 0.6) is 0 Å². The van der Waals surface area contributed by atoms with Crippen LogP contribution in [0.1, 0.15) is 18.2 Å². The first-order chi connectivity index (χ1) is 9.06. The van der Waals surface area contributed by atoms with Gasteiger partial charge in [-0.3, -0.25) is 0 Å². The Kier molecular flexibility index (Phi) is 4.71. The molecule has 19 heavy (non-hydrogen) atoms. The van der Waals surface area contributed by atoms with Crippen molar-refractivity contribution in [1.82, 2.24) is 5.32 Å². The Morgan fingerprint density at radius 2 is 1.89 bits per heavy atom. The van der Waals surface area contributed by atoms with E-state index in [1.165, 1.54) is 18.2 Å². The summed E-state index contributed by atoms with van der Waals surface area (Å²) >= 11 is 3.22. The third-order valence-electron chi connectivity index (χ3n) is 2.83. The van der Waals surface area contributed by atoms with Crippen molar-refractivity contribution in [2.24, 2.45) is 0 Å². The van der Waals surface area contributed by atoms with E-state index < -0.39 is 11.6 Å². The predicted molar refractivity (Wildman–Crippen MR) is 72.8 cm³/mol. The first-order valence-corrected chi connectivity index (χ1v) is 6.76. The summed E-state index contributed by atoms with van der Waals surface area (Å²) in [6.07, 6.45) is 0.292. The maximum atomic E-state index is 13.5. The monoisotopic (exact) mass is 329 g/mol. The Bertz CT molecular complexity index is 536. The lowest BCUT2D eigenvalue weighted by Crippen LogP contribution is -2.28. The molecule has 102 valence electrons. The molecule has 0 saturated heterocycles. The van der Waals surface area contributed by atoms with Crippen molar-refractivity contribution >= 4 is 15.9 Å². The minimum atomic E-state index is -0.505. The van der Waals surface area contributed by atoms with Gasteiger partial charge in [-0.2, -0.15) is 0 Å². The van der Waals surface area contributed by atoms with Crippen LogP contribution in [-0.4, -0.2) is 6.04 Å². The molecule has 0 amide bonds. The van der Waals surface area contributed by atoms with E-state index in [0.717, 1.165) is 5.76 Å². The average Bonchev–Trinajstić information content (AvgIpc) is 2.77. The minimum Gasteiger partial charge on any atom is -0.453 e. The van der Waals surface area contributed by atoms with Crippen molar-refractivity contribution in [3.63, 3.8) is 0 Å². The number of hydrogen-bond acceptors (Lipinski definition) is 2. The fourth-order valence-electron chi connectivity index (χ4n) is 1.83. The molecule has 1 atom stereocenters. The van der Waals surface area contributed by atoms with Gasteiger partial charge in [-0.05, 0) is 53.5 Å². The molecule has 2 nitrogen and oxygen atoms in total. The molecule has 0 aliphatic rings. The van der Waals surface area contributed by atoms with E-state index in [1.54, 1.807) is 6.07 Å². The number of nitrogens with one attached hydrogen (secondary N) is 1. The summed E-state index contributed by atoms with van der Waals surface area (Å²) < 4.78 is 33.0. The average molecular weight is 330 g/mol. The van der Waals surface area contributed by atoms with Crippen LogP contribution in [-0.2, 0) is 13.0 Å². The summed E-state index contributed by atoms with van der Waals surface area (Å²) in [4.78, 5) is 0. The first-order valence-electron chi connectivity index (χ1n) is 5.96. The molecule has 1 heterocycles. The third kappa shape index (κ3) is 3.88. The van der Waals surface area contributed by atoms with Crippen molar-refractivity contribution in [1.29, 1.82) is 0 Å². The minimum absolute atomic E-state index is 0.0599. The SMILES string of the molecule is CC(Cc1c(F)cccc1F)NCc1ccc(Br)o1. The molecular weight excluding hydrogens is 316 g/mol. The number of benzene rings is 1. The summed E-state index contributed by atoms with van der Waals surface area (Å²) in [6, 6.07) is 7.50. The van der Waals surface area contributed by atoms with Gasteiger partial charge in [0.15, 0.2) is 4.67 Å². The lowest BCUT2D eigenvalue weighted by atomic mass is 10.1. The van der Waals surface area contributed by atoms with Gasteiger partial charge in [0.05, 0.1) is 6.54 Å². The molecule has 0 fully saturated rings. The summed E-state index contributed by atoms with van der Waals surface area (Å²) in [6.45, 7) is 2.40. The van der Waals surface area contributed by atoms with Crippen molar-refractivity contribution in [2.75, 3.05) is 0 Å². The lowest BCUT2D eigenvalue weighted by molar-refractivity contribution is 0.435. The number of halogens is 3. The van der Waals surface area contributed by atoms with Crippen LogP contribution >= 0.6 is 15.9 Å². The van der Waals surface area contributed by atoms with Gasteiger partial charge in [0.2, 0.25) is 0 Å². The second-order valence-corrected chi connectivity index (χ2v) is 5.17. The van der Waals surface area contributed by atoms with E-state index in [9.17, 15) is 8.78 Å². The van der Waals surface area contributed by atoms with Gasteiger partial charge in [0, 0.05) is 11.6 Å². The largest absolute Gasteiger partial charge is 0.453 e. The molecule has 2 rings (SSSR count). The Hall–Kier alpha value is -1.20. The van der Waals surface area contributed by atoms with Crippen molar-refractivity contribution < 1.29 is 13.2 Å². The van der Waals surface area contributed by atoms with E-state index in [0.29, 0.717) is 17.6 Å². The summed E-state index contributed by atoms with van der Waals surface area (Å²) in [7, 11) is 0. The predicted octanol–water partition coefficient (Wildman–Crippen LogP) is 4.04. The Labute approximate surface area is 118 Å². The Morgan fingerprint density at radius 1 is 1.21 bits per heavy atom. The van der Waals surface area contributed by atoms with Crippen LogP contribution in [0.15, 0.2) is 39.4 Å². The molecule has 0 radical (unpaired) electrons. The van der Waals surface area contributed by atoms with Crippen LogP contribution < -0.4 is 5.32 Å². The highest BCUT2D eigenvalue weighted by Crippen LogP contribution is 2.16. The van der Waals surface area contributed by atoms with Gasteiger partial charge >= 0.3 is 0 Å². The first kappa shape index (κ1) is 14.2. The molecule has 0 bridgehead atoms. The zero-order valence-corrected chi connectivity index (χ0v) is 12.0. The summed E-state index contributed by atoms with van der Waals surface area (Å²) in [5, 5.41) is 3.17. The second kappa shape index (κ2) is 6.30. The molecule has 0 aliphatic heterocycles. The van der Waals surface area contributed by atoms with Gasteiger partial charge in [-0.1, -0.05) is 6.07 Å². The quantitative estimate of drug-likeness (QED) is 0.895. The summed E-state index contributed by atoms with van der Waals surface area (Å²) in [5.74, 6) is -0.239. The Morgan fingerprint density at radius 3 is 2.47 bits per heavy atom. The topological polar surface area (TPSA) is 25.2 Å². The number of furan rings is 1. The standard InChI is InChI=1S/C14H14BrF2NO/c1-9(18-8-10-5-6-14(15)19-10)7-11-12(16)3-2-4-13(11)17/h2-6,9,18H,7-8H2,1H3. The van der Waals surface area contributed by atoms with Crippen molar-refractivity contribution in [3.05, 3.63) is 58.0 Å². The number of hydrogen-bond donors (Lipinski definition) is 1. The van der Waals surface area contributed by atoms with Crippen molar-refractivity contribution in [2.45, 2.75) is 25.9 Å².